The smallest absolute Gasteiger partial charge is 0.193 e. The molecule has 0 fully saturated rings. The van der Waals surface area contributed by atoms with Gasteiger partial charge < -0.3 is 24.5 Å². The number of fused-ring (bicyclic) bond motifs is 1. The second-order valence-corrected chi connectivity index (χ2v) is 8.18. The minimum Gasteiger partial charge on any atom is -0.394 e. The van der Waals surface area contributed by atoms with E-state index in [2.05, 4.69) is 10.3 Å². The van der Waals surface area contributed by atoms with Crippen LogP contribution >= 0.6 is 34.8 Å². The highest BCUT2D eigenvalue weighted by Crippen LogP contribution is 2.35. The van der Waals surface area contributed by atoms with Crippen LogP contribution in [0.5, 0.6) is 0 Å². The van der Waals surface area contributed by atoms with Crippen LogP contribution in [0.2, 0.25) is 15.1 Å². The van der Waals surface area contributed by atoms with Gasteiger partial charge >= 0.3 is 0 Å². The van der Waals surface area contributed by atoms with E-state index in [-0.39, 0.29) is 12.0 Å². The quantitative estimate of drug-likeness (QED) is 0.378. The number of rotatable bonds is 11. The number of aromatic nitrogens is 2. The van der Waals surface area contributed by atoms with Crippen LogP contribution in [0.3, 0.4) is 0 Å². The number of benzene rings is 1. The molecular formula is C22H24Cl3N3O4. The number of anilines is 1. The molecule has 0 aliphatic carbocycles. The van der Waals surface area contributed by atoms with Crippen LogP contribution in [0.1, 0.15) is 12.1 Å². The molecule has 2 heterocycles. The first-order valence-electron chi connectivity index (χ1n) is 10.1. The fourth-order valence-electron chi connectivity index (χ4n) is 3.33. The maximum Gasteiger partial charge on any atom is 0.193 e. The van der Waals surface area contributed by atoms with E-state index in [1.54, 1.807) is 29.7 Å². The Labute approximate surface area is 200 Å². The number of nitrogens with one attached hydrogen (secondary N) is 1. The summed E-state index contributed by atoms with van der Waals surface area (Å²) in [6.45, 7) is 4.03. The van der Waals surface area contributed by atoms with E-state index in [1.165, 1.54) is 12.3 Å². The minimum absolute atomic E-state index is 0.00409. The first kappa shape index (κ1) is 24.8. The first-order chi connectivity index (χ1) is 15.5. The Bertz CT molecular complexity index is 1120. The zero-order chi connectivity index (χ0) is 23.1. The average Bonchev–Trinajstić information content (AvgIpc) is 2.75. The van der Waals surface area contributed by atoms with Crippen LogP contribution < -0.4 is 10.7 Å². The first-order valence-corrected chi connectivity index (χ1v) is 11.2. The molecule has 0 unspecified atom stereocenters. The van der Waals surface area contributed by atoms with E-state index in [0.29, 0.717) is 82.6 Å². The Morgan fingerprint density at radius 1 is 1.06 bits per heavy atom. The normalized spacial score (nSPS) is 11.3. The molecule has 2 aromatic heterocycles. The summed E-state index contributed by atoms with van der Waals surface area (Å²) in [5.41, 5.74) is 1.48. The van der Waals surface area contributed by atoms with E-state index in [0.717, 1.165) is 0 Å². The van der Waals surface area contributed by atoms with Crippen molar-refractivity contribution in [3.63, 3.8) is 0 Å². The Morgan fingerprint density at radius 2 is 1.75 bits per heavy atom. The molecule has 10 heteroatoms. The monoisotopic (exact) mass is 499 g/mol. The molecule has 0 saturated carbocycles. The van der Waals surface area contributed by atoms with Gasteiger partial charge in [0.05, 0.1) is 64.3 Å². The van der Waals surface area contributed by atoms with E-state index in [1.807, 2.05) is 0 Å². The number of nitrogens with zero attached hydrogens (tertiary/aromatic N) is 2. The Kier molecular flexibility index (Phi) is 9.16. The summed E-state index contributed by atoms with van der Waals surface area (Å²) in [5.74, 6) is 0.428. The molecule has 0 amide bonds. The number of hydrogen-bond acceptors (Lipinski definition) is 6. The van der Waals surface area contributed by atoms with Crippen LogP contribution in [0.25, 0.3) is 16.6 Å². The third-order valence-electron chi connectivity index (χ3n) is 4.70. The van der Waals surface area contributed by atoms with Gasteiger partial charge in [-0.15, -0.1) is 0 Å². The zero-order valence-electron chi connectivity index (χ0n) is 17.5. The van der Waals surface area contributed by atoms with E-state index >= 15 is 0 Å². The summed E-state index contributed by atoms with van der Waals surface area (Å²) >= 11 is 19.4. The number of aryl methyl sites for hydroxylation is 1. The molecule has 32 heavy (non-hydrogen) atoms. The number of hydrogen-bond donors (Lipinski definition) is 2. The maximum atomic E-state index is 12.9. The summed E-state index contributed by atoms with van der Waals surface area (Å²) in [7, 11) is 0. The minimum atomic E-state index is -0.202. The number of pyridine rings is 2. The molecule has 0 saturated heterocycles. The van der Waals surface area contributed by atoms with Gasteiger partial charge in [0.25, 0.3) is 0 Å². The highest BCUT2D eigenvalue weighted by molar-refractivity contribution is 6.38. The molecule has 1 aromatic carbocycles. The van der Waals surface area contributed by atoms with Crippen molar-refractivity contribution >= 4 is 51.5 Å². The van der Waals surface area contributed by atoms with Crippen molar-refractivity contribution in [2.75, 3.05) is 44.9 Å². The number of ether oxygens (including phenoxy) is 2. The van der Waals surface area contributed by atoms with E-state index in [9.17, 15) is 4.79 Å². The van der Waals surface area contributed by atoms with Crippen molar-refractivity contribution in [3.8, 4) is 5.69 Å². The topological polar surface area (TPSA) is 85.6 Å². The Hall–Kier alpha value is -1.87. The maximum absolute atomic E-state index is 12.9. The molecule has 3 aromatic rings. The summed E-state index contributed by atoms with van der Waals surface area (Å²) in [6, 6.07) is 6.73. The van der Waals surface area contributed by atoms with Gasteiger partial charge in [-0.25, -0.2) is 4.98 Å². The Morgan fingerprint density at radius 3 is 2.44 bits per heavy atom. The predicted octanol–water partition coefficient (Wildman–Crippen LogP) is 4.48. The number of aliphatic hydroxyl groups excluding tert-OH is 1. The van der Waals surface area contributed by atoms with Gasteiger partial charge in [0.2, 0.25) is 0 Å². The number of para-hydroxylation sites is 1. The van der Waals surface area contributed by atoms with E-state index in [4.69, 9.17) is 49.4 Å². The van der Waals surface area contributed by atoms with Crippen LogP contribution in [0.4, 0.5) is 5.82 Å². The molecule has 2 N–H and O–H groups in total. The van der Waals surface area contributed by atoms with Gasteiger partial charge in [0, 0.05) is 24.9 Å². The van der Waals surface area contributed by atoms with Crippen molar-refractivity contribution in [2.24, 2.45) is 0 Å². The lowest BCUT2D eigenvalue weighted by molar-refractivity contribution is 0.0331. The third kappa shape index (κ3) is 5.73. The summed E-state index contributed by atoms with van der Waals surface area (Å²) in [6.07, 6.45) is 2.20. The summed E-state index contributed by atoms with van der Waals surface area (Å²) in [4.78, 5) is 17.2. The van der Waals surface area contributed by atoms with E-state index < -0.39 is 0 Å². The fourth-order valence-corrected chi connectivity index (χ4v) is 4.12. The zero-order valence-corrected chi connectivity index (χ0v) is 19.8. The SMILES string of the molecule is Cc1cc(=O)c2c(NCCCOCCOCCO)ncc(Cl)c2n1-c1c(Cl)cccc1Cl. The second kappa shape index (κ2) is 11.8. The summed E-state index contributed by atoms with van der Waals surface area (Å²) < 4.78 is 12.4. The lowest BCUT2D eigenvalue weighted by Crippen LogP contribution is -2.16. The molecule has 0 bridgehead atoms. The van der Waals surface area contributed by atoms with Crippen molar-refractivity contribution in [3.05, 3.63) is 61.4 Å². The van der Waals surface area contributed by atoms with Gasteiger partial charge in [-0.3, -0.25) is 4.79 Å². The van der Waals surface area contributed by atoms with Crippen LogP contribution in [-0.2, 0) is 9.47 Å². The van der Waals surface area contributed by atoms with Gasteiger partial charge in [-0.05, 0) is 25.5 Å². The lowest BCUT2D eigenvalue weighted by atomic mass is 10.1. The van der Waals surface area contributed by atoms with Crippen molar-refractivity contribution in [1.29, 1.82) is 0 Å². The number of aliphatic hydroxyl groups is 1. The third-order valence-corrected chi connectivity index (χ3v) is 5.58. The predicted molar refractivity (Wildman–Crippen MR) is 129 cm³/mol. The van der Waals surface area contributed by atoms with Crippen molar-refractivity contribution in [1.82, 2.24) is 9.55 Å². The largest absolute Gasteiger partial charge is 0.394 e. The molecule has 0 aliphatic rings. The molecule has 0 atom stereocenters. The van der Waals surface area contributed by atoms with Gasteiger partial charge in [0.15, 0.2) is 5.43 Å². The van der Waals surface area contributed by atoms with Gasteiger partial charge in [0.1, 0.15) is 5.82 Å². The second-order valence-electron chi connectivity index (χ2n) is 6.96. The number of halogens is 3. The highest BCUT2D eigenvalue weighted by Gasteiger charge is 2.19. The fraction of sp³-hybridized carbons (Fsp3) is 0.364. The standard InChI is InChI=1S/C22H24Cl3N3O4/c1-14-12-18(30)19-21(28(14)20-15(23)4-2-5-16(20)24)17(25)13-27-22(19)26-6-3-8-31-10-11-32-9-7-29/h2,4-5,12-13,29H,3,6-11H2,1H3,(H,26,27). The molecule has 0 spiro atoms. The van der Waals surface area contributed by atoms with Crippen LogP contribution in [0.15, 0.2) is 35.3 Å². The Balaban J connectivity index is 1.85. The average molecular weight is 501 g/mol. The van der Waals surface area contributed by atoms with Crippen LogP contribution in [-0.4, -0.2) is 54.2 Å². The van der Waals surface area contributed by atoms with Gasteiger partial charge in [-0.2, -0.15) is 0 Å². The highest BCUT2D eigenvalue weighted by atomic mass is 35.5. The molecule has 3 rings (SSSR count). The van der Waals surface area contributed by atoms with Crippen molar-refractivity contribution in [2.45, 2.75) is 13.3 Å². The molecular weight excluding hydrogens is 477 g/mol. The van der Waals surface area contributed by atoms with Crippen molar-refractivity contribution < 1.29 is 14.6 Å². The lowest BCUT2D eigenvalue weighted by Gasteiger charge is -2.19. The summed E-state index contributed by atoms with van der Waals surface area (Å²) in [5, 5.41) is 13.4. The molecule has 7 nitrogen and oxygen atoms in total. The van der Waals surface area contributed by atoms with Gasteiger partial charge in [-0.1, -0.05) is 40.9 Å². The molecule has 0 radical (unpaired) electrons. The molecule has 172 valence electrons. The van der Waals surface area contributed by atoms with Crippen LogP contribution in [0, 0.1) is 6.92 Å². The molecule has 0 aliphatic heterocycles.